The highest BCUT2D eigenvalue weighted by Gasteiger charge is 2.18. The molecule has 2 aliphatic rings. The second kappa shape index (κ2) is 7.33. The lowest BCUT2D eigenvalue weighted by molar-refractivity contribution is 0.0953. The molecule has 0 atom stereocenters. The lowest BCUT2D eigenvalue weighted by Crippen LogP contribution is -2.25. The number of carbonyl (C=O) groups excluding carboxylic acids is 1. The average Bonchev–Trinajstić information content (AvgIpc) is 2.97. The minimum absolute atomic E-state index is 0.205. The largest absolute Gasteiger partial charge is 0.489 e. The van der Waals surface area contributed by atoms with Crippen LogP contribution in [0.25, 0.3) is 0 Å². The third kappa shape index (κ3) is 3.51. The van der Waals surface area contributed by atoms with Gasteiger partial charge in [-0.25, -0.2) is 0 Å². The summed E-state index contributed by atoms with van der Waals surface area (Å²) in [4.78, 5) is 12.4. The summed E-state index contributed by atoms with van der Waals surface area (Å²) in [5, 5.41) is 3.28. The molecule has 2 aromatic rings. The molecule has 1 amide bonds. The van der Waals surface area contributed by atoms with Gasteiger partial charge in [0.25, 0.3) is 5.91 Å². The van der Waals surface area contributed by atoms with E-state index in [1.807, 2.05) is 18.2 Å². The molecule has 0 fully saturated rings. The highest BCUT2D eigenvalue weighted by molar-refractivity contribution is 6.32. The van der Waals surface area contributed by atoms with Gasteiger partial charge in [-0.1, -0.05) is 17.7 Å². The summed E-state index contributed by atoms with van der Waals surface area (Å²) >= 11 is 6.24. The van der Waals surface area contributed by atoms with Crippen molar-refractivity contribution in [1.29, 1.82) is 0 Å². The fourth-order valence-corrected chi connectivity index (χ4v) is 3.15. The number of benzene rings is 2. The van der Waals surface area contributed by atoms with Crippen molar-refractivity contribution in [1.82, 2.24) is 5.32 Å². The molecule has 0 saturated carbocycles. The molecule has 0 bridgehead atoms. The molecule has 2 aromatic carbocycles. The van der Waals surface area contributed by atoms with E-state index < -0.39 is 0 Å². The lowest BCUT2D eigenvalue weighted by atomic mass is 10.1. The monoisotopic (exact) mass is 375 g/mol. The zero-order valence-electron chi connectivity index (χ0n) is 14.0. The number of ether oxygens (including phenoxy) is 4. The van der Waals surface area contributed by atoms with Gasteiger partial charge < -0.3 is 24.3 Å². The predicted molar refractivity (Wildman–Crippen MR) is 95.7 cm³/mol. The van der Waals surface area contributed by atoms with Gasteiger partial charge in [0, 0.05) is 18.5 Å². The van der Waals surface area contributed by atoms with Crippen LogP contribution in [0.1, 0.15) is 22.3 Å². The van der Waals surface area contributed by atoms with Crippen LogP contribution in [-0.2, 0) is 6.42 Å². The van der Waals surface area contributed by atoms with Crippen LogP contribution in [0, 0.1) is 0 Å². The Balaban J connectivity index is 1.39. The van der Waals surface area contributed by atoms with Crippen LogP contribution < -0.4 is 24.3 Å². The van der Waals surface area contributed by atoms with Gasteiger partial charge in [0.15, 0.2) is 23.0 Å². The van der Waals surface area contributed by atoms with Crippen LogP contribution in [0.2, 0.25) is 5.02 Å². The predicted octanol–water partition coefficient (Wildman–Crippen LogP) is 3.20. The van der Waals surface area contributed by atoms with Gasteiger partial charge in [-0.15, -0.1) is 0 Å². The van der Waals surface area contributed by atoms with E-state index in [-0.39, 0.29) is 12.7 Å². The highest BCUT2D eigenvalue weighted by atomic mass is 35.5. The molecule has 2 aliphatic heterocycles. The summed E-state index contributed by atoms with van der Waals surface area (Å²) < 4.78 is 21.9. The van der Waals surface area contributed by atoms with Gasteiger partial charge >= 0.3 is 0 Å². The molecule has 26 heavy (non-hydrogen) atoms. The summed E-state index contributed by atoms with van der Waals surface area (Å²) in [5.41, 5.74) is 1.51. The summed E-state index contributed by atoms with van der Waals surface area (Å²) in [7, 11) is 0. The standard InChI is InChI=1S/C19H18ClNO5/c20-14-9-13(10-17-18(14)24-7-1-6-23-17)19(22)21-5-4-12-2-3-15-16(8-12)26-11-25-15/h2-3,8-10H,1,4-7,11H2,(H,21,22). The maximum absolute atomic E-state index is 12.4. The van der Waals surface area contributed by atoms with E-state index in [4.69, 9.17) is 30.5 Å². The molecule has 0 radical (unpaired) electrons. The number of carbonyl (C=O) groups is 1. The van der Waals surface area contributed by atoms with Gasteiger partial charge in [0.1, 0.15) is 0 Å². The molecule has 1 N–H and O–H groups in total. The molecule has 7 heteroatoms. The fourth-order valence-electron chi connectivity index (χ4n) is 2.88. The number of amides is 1. The van der Waals surface area contributed by atoms with Crippen molar-refractivity contribution in [2.75, 3.05) is 26.6 Å². The van der Waals surface area contributed by atoms with Gasteiger partial charge in [-0.05, 0) is 36.2 Å². The Morgan fingerprint density at radius 1 is 1.00 bits per heavy atom. The van der Waals surface area contributed by atoms with Crippen LogP contribution >= 0.6 is 11.6 Å². The number of nitrogens with one attached hydrogen (secondary N) is 1. The first-order valence-corrected chi connectivity index (χ1v) is 8.84. The minimum atomic E-state index is -0.205. The SMILES string of the molecule is O=C(NCCc1ccc2c(c1)OCO2)c1cc(Cl)c2c(c1)OCCCO2. The minimum Gasteiger partial charge on any atom is -0.489 e. The second-order valence-corrected chi connectivity index (χ2v) is 6.44. The lowest BCUT2D eigenvalue weighted by Gasteiger charge is -2.12. The van der Waals surface area contributed by atoms with Crippen molar-refractivity contribution in [2.45, 2.75) is 12.8 Å². The second-order valence-electron chi connectivity index (χ2n) is 6.03. The molecule has 2 heterocycles. The molecule has 0 saturated heterocycles. The van der Waals surface area contributed by atoms with E-state index in [0.717, 1.165) is 23.5 Å². The van der Waals surface area contributed by atoms with E-state index >= 15 is 0 Å². The Kier molecular flexibility index (Phi) is 4.75. The molecule has 0 aliphatic carbocycles. The topological polar surface area (TPSA) is 66.0 Å². The Morgan fingerprint density at radius 2 is 1.85 bits per heavy atom. The molecule has 0 aromatic heterocycles. The molecular formula is C19H18ClNO5. The third-order valence-electron chi connectivity index (χ3n) is 4.20. The van der Waals surface area contributed by atoms with Crippen molar-refractivity contribution in [3.63, 3.8) is 0 Å². The number of hydrogen-bond donors (Lipinski definition) is 1. The number of rotatable bonds is 4. The van der Waals surface area contributed by atoms with Gasteiger partial charge in [0.2, 0.25) is 6.79 Å². The first kappa shape index (κ1) is 16.8. The molecule has 0 unspecified atom stereocenters. The van der Waals surface area contributed by atoms with Crippen LogP contribution in [-0.4, -0.2) is 32.5 Å². The molecular weight excluding hydrogens is 358 g/mol. The van der Waals surface area contributed by atoms with Crippen LogP contribution in [0.15, 0.2) is 30.3 Å². The van der Waals surface area contributed by atoms with Crippen molar-refractivity contribution in [3.8, 4) is 23.0 Å². The van der Waals surface area contributed by atoms with E-state index in [9.17, 15) is 4.79 Å². The van der Waals surface area contributed by atoms with E-state index in [0.29, 0.717) is 48.3 Å². The van der Waals surface area contributed by atoms with Gasteiger partial charge in [-0.2, -0.15) is 0 Å². The van der Waals surface area contributed by atoms with Crippen LogP contribution in [0.3, 0.4) is 0 Å². The molecule has 0 spiro atoms. The highest BCUT2D eigenvalue weighted by Crippen LogP contribution is 2.38. The Bertz CT molecular complexity index is 839. The van der Waals surface area contributed by atoms with Crippen molar-refractivity contribution in [3.05, 3.63) is 46.5 Å². The van der Waals surface area contributed by atoms with E-state index in [1.54, 1.807) is 12.1 Å². The van der Waals surface area contributed by atoms with Crippen LogP contribution in [0.4, 0.5) is 0 Å². The quantitative estimate of drug-likeness (QED) is 0.888. The molecule has 4 rings (SSSR count). The Hall–Kier alpha value is -2.60. The van der Waals surface area contributed by atoms with Gasteiger partial charge in [-0.3, -0.25) is 4.79 Å². The van der Waals surface area contributed by atoms with Crippen molar-refractivity contribution in [2.24, 2.45) is 0 Å². The zero-order chi connectivity index (χ0) is 17.9. The zero-order valence-corrected chi connectivity index (χ0v) is 14.8. The normalized spacial score (nSPS) is 14.7. The Morgan fingerprint density at radius 3 is 2.77 bits per heavy atom. The summed E-state index contributed by atoms with van der Waals surface area (Å²) in [6, 6.07) is 9.04. The van der Waals surface area contributed by atoms with E-state index in [1.165, 1.54) is 0 Å². The number of hydrogen-bond acceptors (Lipinski definition) is 5. The maximum Gasteiger partial charge on any atom is 0.251 e. The van der Waals surface area contributed by atoms with Crippen LogP contribution in [0.5, 0.6) is 23.0 Å². The smallest absolute Gasteiger partial charge is 0.251 e. The summed E-state index contributed by atoms with van der Waals surface area (Å²) in [5.74, 6) is 2.29. The van der Waals surface area contributed by atoms with E-state index in [2.05, 4.69) is 5.32 Å². The summed E-state index contributed by atoms with van der Waals surface area (Å²) in [6.07, 6.45) is 1.46. The fraction of sp³-hybridized carbons (Fsp3) is 0.316. The number of halogens is 1. The van der Waals surface area contributed by atoms with Crippen molar-refractivity contribution < 1.29 is 23.7 Å². The first-order chi connectivity index (χ1) is 12.7. The average molecular weight is 376 g/mol. The first-order valence-electron chi connectivity index (χ1n) is 8.46. The molecule has 136 valence electrons. The summed E-state index contributed by atoms with van der Waals surface area (Å²) in [6.45, 7) is 1.83. The van der Waals surface area contributed by atoms with Gasteiger partial charge in [0.05, 0.1) is 18.2 Å². The van der Waals surface area contributed by atoms with Crippen molar-refractivity contribution >= 4 is 17.5 Å². The third-order valence-corrected chi connectivity index (χ3v) is 4.48. The molecule has 6 nitrogen and oxygen atoms in total. The number of fused-ring (bicyclic) bond motifs is 2. The Labute approximate surface area is 156 Å². The maximum atomic E-state index is 12.4.